The Labute approximate surface area is 265 Å². The summed E-state index contributed by atoms with van der Waals surface area (Å²) in [6.45, 7) is 2.55. The standard InChI is InChI=1S/C32H42FN3O7S2/c1-4-5-18-43-30(38)36(17-20-45(3,41)42)32-21-31(22-32,23-32)35(16-19-44(2,39)40)29(37)34-15-14-24-8-6-7-9-27(24)28(34)25-10-12-26(33)13-11-25/h6-13,28H,4-5,14-23H2,1-3H3/t28-,31?,32?/m0/s1. The molecule has 0 saturated heterocycles. The molecule has 3 fully saturated rings. The van der Waals surface area contributed by atoms with Gasteiger partial charge in [-0.15, -0.1) is 0 Å². The van der Waals surface area contributed by atoms with E-state index in [1.165, 1.54) is 17.0 Å². The minimum absolute atomic E-state index is 0.0211. The van der Waals surface area contributed by atoms with E-state index in [4.69, 9.17) is 4.74 Å². The van der Waals surface area contributed by atoms with E-state index in [-0.39, 0.29) is 43.1 Å². The average molecular weight is 664 g/mol. The molecule has 0 aromatic heterocycles. The Morgan fingerprint density at radius 2 is 1.49 bits per heavy atom. The molecule has 45 heavy (non-hydrogen) atoms. The summed E-state index contributed by atoms with van der Waals surface area (Å²) in [5, 5.41) is 0. The molecule has 1 heterocycles. The van der Waals surface area contributed by atoms with E-state index in [1.807, 2.05) is 31.2 Å². The third-order valence-corrected chi connectivity index (χ3v) is 11.2. The molecule has 10 nitrogen and oxygen atoms in total. The predicted molar refractivity (Wildman–Crippen MR) is 169 cm³/mol. The molecule has 0 unspecified atom stereocenters. The van der Waals surface area contributed by atoms with Crippen molar-refractivity contribution in [2.75, 3.05) is 50.3 Å². The molecule has 0 spiro atoms. The Morgan fingerprint density at radius 3 is 2.09 bits per heavy atom. The van der Waals surface area contributed by atoms with Crippen LogP contribution in [0.4, 0.5) is 14.0 Å². The molecule has 3 aliphatic carbocycles. The van der Waals surface area contributed by atoms with Crippen molar-refractivity contribution in [1.29, 1.82) is 0 Å². The van der Waals surface area contributed by atoms with Gasteiger partial charge in [0.25, 0.3) is 0 Å². The summed E-state index contributed by atoms with van der Waals surface area (Å²) in [5.41, 5.74) is 1.42. The fourth-order valence-electron chi connectivity index (χ4n) is 7.14. The van der Waals surface area contributed by atoms with E-state index < -0.39 is 42.9 Å². The number of benzene rings is 2. The quantitative estimate of drug-likeness (QED) is 0.312. The minimum Gasteiger partial charge on any atom is -0.449 e. The van der Waals surface area contributed by atoms with Crippen LogP contribution in [0.1, 0.15) is 61.8 Å². The first-order chi connectivity index (χ1) is 21.2. The van der Waals surface area contributed by atoms with Crippen LogP contribution < -0.4 is 0 Å². The summed E-state index contributed by atoms with van der Waals surface area (Å²) >= 11 is 0. The maximum absolute atomic E-state index is 14.6. The highest BCUT2D eigenvalue weighted by Crippen LogP contribution is 2.67. The topological polar surface area (TPSA) is 121 Å². The Hall–Kier alpha value is -3.19. The molecular weight excluding hydrogens is 621 g/mol. The minimum atomic E-state index is -3.42. The summed E-state index contributed by atoms with van der Waals surface area (Å²) in [7, 11) is -6.78. The van der Waals surface area contributed by atoms with Gasteiger partial charge >= 0.3 is 12.1 Å². The zero-order valence-corrected chi connectivity index (χ0v) is 27.7. The number of nitrogens with zero attached hydrogens (tertiary/aromatic N) is 3. The van der Waals surface area contributed by atoms with Crippen LogP contribution in [-0.2, 0) is 30.8 Å². The normalized spacial score (nSPS) is 23.7. The van der Waals surface area contributed by atoms with Gasteiger partial charge in [-0.05, 0) is 60.9 Å². The van der Waals surface area contributed by atoms with Gasteiger partial charge in [-0.1, -0.05) is 49.7 Å². The third-order valence-electron chi connectivity index (χ3n) is 9.38. The molecular formula is C32H42FN3O7S2. The fourth-order valence-corrected chi connectivity index (χ4v) is 8.17. The van der Waals surface area contributed by atoms with Crippen LogP contribution in [0.25, 0.3) is 0 Å². The highest BCUT2D eigenvalue weighted by atomic mass is 32.2. The molecule has 0 N–H and O–H groups in total. The van der Waals surface area contributed by atoms with Crippen LogP contribution in [0.2, 0.25) is 0 Å². The van der Waals surface area contributed by atoms with Crippen LogP contribution in [0.5, 0.6) is 0 Å². The molecule has 6 rings (SSSR count). The van der Waals surface area contributed by atoms with Crippen LogP contribution in [0.15, 0.2) is 48.5 Å². The second-order valence-electron chi connectivity index (χ2n) is 12.9. The first kappa shape index (κ1) is 33.2. The van der Waals surface area contributed by atoms with Crippen molar-refractivity contribution in [3.8, 4) is 0 Å². The molecule has 2 aromatic carbocycles. The van der Waals surface area contributed by atoms with Gasteiger partial charge in [-0.2, -0.15) is 0 Å². The number of rotatable bonds is 12. The zero-order valence-electron chi connectivity index (χ0n) is 26.1. The van der Waals surface area contributed by atoms with E-state index in [1.54, 1.807) is 21.9 Å². The largest absolute Gasteiger partial charge is 0.449 e. The maximum Gasteiger partial charge on any atom is 0.410 e. The lowest BCUT2D eigenvalue weighted by atomic mass is 9.42. The second-order valence-corrected chi connectivity index (χ2v) is 17.4. The summed E-state index contributed by atoms with van der Waals surface area (Å²) in [5.74, 6) is -0.826. The molecule has 4 aliphatic rings. The van der Waals surface area contributed by atoms with Crippen molar-refractivity contribution in [3.63, 3.8) is 0 Å². The summed E-state index contributed by atoms with van der Waals surface area (Å²) in [6.07, 6.45) is 5.01. The smallest absolute Gasteiger partial charge is 0.410 e. The van der Waals surface area contributed by atoms with E-state index in [9.17, 15) is 30.8 Å². The van der Waals surface area contributed by atoms with Gasteiger partial charge < -0.3 is 19.4 Å². The van der Waals surface area contributed by atoms with Crippen molar-refractivity contribution in [1.82, 2.24) is 14.7 Å². The molecule has 1 aliphatic heterocycles. The number of hydrogen-bond donors (Lipinski definition) is 0. The molecule has 3 amide bonds. The maximum atomic E-state index is 14.6. The third kappa shape index (κ3) is 6.98. The monoisotopic (exact) mass is 663 g/mol. The number of sulfone groups is 2. The van der Waals surface area contributed by atoms with Gasteiger partial charge in [0.1, 0.15) is 25.5 Å². The highest BCUT2D eigenvalue weighted by molar-refractivity contribution is 7.90. The van der Waals surface area contributed by atoms with Crippen LogP contribution >= 0.6 is 0 Å². The van der Waals surface area contributed by atoms with Crippen molar-refractivity contribution in [3.05, 3.63) is 71.0 Å². The van der Waals surface area contributed by atoms with Gasteiger partial charge in [0.2, 0.25) is 0 Å². The number of carbonyl (C=O) groups excluding carboxylic acids is 2. The van der Waals surface area contributed by atoms with E-state index in [0.29, 0.717) is 38.6 Å². The Bertz CT molecular complexity index is 1630. The summed E-state index contributed by atoms with van der Waals surface area (Å²) in [6, 6.07) is 13.1. The lowest BCUT2D eigenvalue weighted by Crippen LogP contribution is -2.85. The van der Waals surface area contributed by atoms with Crippen molar-refractivity contribution in [2.45, 2.75) is 62.6 Å². The number of ether oxygens (including phenoxy) is 1. The SMILES string of the molecule is CCCCOC(=O)N(CCS(C)(=O)=O)C12CC(N(CCS(C)(=O)=O)C(=O)N3CCc4ccccc4[C@@H]3c3ccc(F)cc3)(C1)C2. The highest BCUT2D eigenvalue weighted by Gasteiger charge is 2.74. The number of amides is 3. The van der Waals surface area contributed by atoms with Crippen LogP contribution in [0.3, 0.4) is 0 Å². The predicted octanol–water partition coefficient (Wildman–Crippen LogP) is 4.20. The molecule has 2 bridgehead atoms. The van der Waals surface area contributed by atoms with E-state index in [0.717, 1.165) is 35.6 Å². The Balaban J connectivity index is 1.43. The number of halogens is 1. The van der Waals surface area contributed by atoms with Crippen LogP contribution in [0, 0.1) is 5.82 Å². The molecule has 246 valence electrons. The average Bonchev–Trinajstić information content (AvgIpc) is 2.93. The fraction of sp³-hybridized carbons (Fsp3) is 0.562. The number of fused-ring (bicyclic) bond motifs is 1. The Kier molecular flexibility index (Phi) is 9.25. The molecule has 2 aromatic rings. The van der Waals surface area contributed by atoms with Gasteiger partial charge in [-0.25, -0.2) is 30.8 Å². The lowest BCUT2D eigenvalue weighted by molar-refractivity contribution is -0.208. The molecule has 13 heteroatoms. The summed E-state index contributed by atoms with van der Waals surface area (Å²) in [4.78, 5) is 32.6. The van der Waals surface area contributed by atoms with E-state index in [2.05, 4.69) is 0 Å². The van der Waals surface area contributed by atoms with Crippen LogP contribution in [-0.4, -0.2) is 105 Å². The zero-order chi connectivity index (χ0) is 32.6. The second kappa shape index (κ2) is 12.5. The van der Waals surface area contributed by atoms with Crippen molar-refractivity contribution in [2.24, 2.45) is 0 Å². The Morgan fingerprint density at radius 1 is 0.911 bits per heavy atom. The number of unbranched alkanes of at least 4 members (excludes halogenated alkanes) is 1. The van der Waals surface area contributed by atoms with Gasteiger partial charge in [0, 0.05) is 32.1 Å². The summed E-state index contributed by atoms with van der Waals surface area (Å²) < 4.78 is 68.1. The first-order valence-electron chi connectivity index (χ1n) is 15.4. The number of carbonyl (C=O) groups is 2. The van der Waals surface area contributed by atoms with Crippen molar-refractivity contribution < 1.29 is 35.6 Å². The lowest BCUT2D eigenvalue weighted by Gasteiger charge is -2.75. The van der Waals surface area contributed by atoms with Gasteiger partial charge in [-0.3, -0.25) is 0 Å². The number of urea groups is 1. The van der Waals surface area contributed by atoms with E-state index >= 15 is 0 Å². The molecule has 0 radical (unpaired) electrons. The molecule has 3 saturated carbocycles. The van der Waals surface area contributed by atoms with Crippen molar-refractivity contribution >= 4 is 31.8 Å². The number of hydrogen-bond acceptors (Lipinski definition) is 7. The molecule has 1 atom stereocenters. The van der Waals surface area contributed by atoms with Gasteiger partial charge in [0.15, 0.2) is 0 Å². The van der Waals surface area contributed by atoms with Gasteiger partial charge in [0.05, 0.1) is 35.2 Å². The first-order valence-corrected chi connectivity index (χ1v) is 19.5.